The van der Waals surface area contributed by atoms with E-state index in [4.69, 9.17) is 14.3 Å². The van der Waals surface area contributed by atoms with Crippen molar-refractivity contribution in [1.29, 1.82) is 0 Å². The minimum Gasteiger partial charge on any atom is -0.341 e. The zero-order chi connectivity index (χ0) is 22.0. The van der Waals surface area contributed by atoms with Crippen LogP contribution in [0.2, 0.25) is 0 Å². The van der Waals surface area contributed by atoms with Crippen molar-refractivity contribution in [2.75, 3.05) is 13.1 Å². The number of fused-ring (bicyclic) bond motifs is 2. The fraction of sp³-hybridized carbons (Fsp3) is 0.227. The van der Waals surface area contributed by atoms with Crippen LogP contribution in [-0.2, 0) is 14.4 Å². The lowest BCUT2D eigenvalue weighted by molar-refractivity contribution is -0.855. The maximum absolute atomic E-state index is 12.6. The van der Waals surface area contributed by atoms with Gasteiger partial charge in [-0.15, -0.1) is 5.06 Å². The minimum atomic E-state index is -1.13. The third-order valence-electron chi connectivity index (χ3n) is 5.80. The zero-order valence-corrected chi connectivity index (χ0v) is 17.5. The summed E-state index contributed by atoms with van der Waals surface area (Å²) in [4.78, 5) is 41.4. The largest absolute Gasteiger partial charge is 0.704 e. The number of ether oxygens (including phenoxy) is 2. The molecule has 2 atom stereocenters. The quantitative estimate of drug-likeness (QED) is 0.413. The van der Waals surface area contributed by atoms with Gasteiger partial charge < -0.3 is 14.3 Å². The molecular formula is C22H17N3O6S+2. The monoisotopic (exact) mass is 451 g/mol. The number of rotatable bonds is 2. The summed E-state index contributed by atoms with van der Waals surface area (Å²) >= 11 is 4.02. The highest BCUT2D eigenvalue weighted by Crippen LogP contribution is 2.36. The van der Waals surface area contributed by atoms with E-state index in [9.17, 15) is 14.4 Å². The van der Waals surface area contributed by atoms with Crippen molar-refractivity contribution < 1.29 is 37.8 Å². The zero-order valence-electron chi connectivity index (χ0n) is 16.6. The number of carbonyl (C=O) groups is 3. The van der Waals surface area contributed by atoms with Crippen molar-refractivity contribution >= 4 is 42.8 Å². The molecule has 0 aliphatic carbocycles. The molecule has 32 heavy (non-hydrogen) atoms. The van der Waals surface area contributed by atoms with E-state index in [2.05, 4.69) is 12.6 Å². The van der Waals surface area contributed by atoms with E-state index < -0.39 is 29.1 Å². The molecule has 10 heteroatoms. The minimum absolute atomic E-state index is 0.102. The van der Waals surface area contributed by atoms with E-state index >= 15 is 0 Å². The topological polar surface area (TPSA) is 88.2 Å². The Morgan fingerprint density at radius 3 is 2.44 bits per heavy atom. The summed E-state index contributed by atoms with van der Waals surface area (Å²) < 4.78 is 16.5. The Morgan fingerprint density at radius 2 is 1.72 bits per heavy atom. The Kier molecular flexibility index (Phi) is 3.97. The second-order valence-corrected chi connectivity index (χ2v) is 8.44. The van der Waals surface area contributed by atoms with Crippen molar-refractivity contribution in [3.05, 3.63) is 59.2 Å². The first-order chi connectivity index (χ1) is 15.4. The van der Waals surface area contributed by atoms with Crippen LogP contribution in [0, 0.1) is 0 Å². The van der Waals surface area contributed by atoms with E-state index in [0.29, 0.717) is 29.5 Å². The molecule has 2 saturated heterocycles. The van der Waals surface area contributed by atoms with Gasteiger partial charge in [-0.1, -0.05) is 21.3 Å². The van der Waals surface area contributed by atoms with Gasteiger partial charge in [0.1, 0.15) is 0 Å². The van der Waals surface area contributed by atoms with Crippen molar-refractivity contribution in [3.63, 3.8) is 0 Å². The van der Waals surface area contributed by atoms with E-state index in [1.54, 1.807) is 12.1 Å². The second kappa shape index (κ2) is 6.67. The fourth-order valence-electron chi connectivity index (χ4n) is 4.21. The Morgan fingerprint density at radius 1 is 1.03 bits per heavy atom. The summed E-state index contributed by atoms with van der Waals surface area (Å²) in [6, 6.07) is 11.4. The van der Waals surface area contributed by atoms with Gasteiger partial charge in [-0.05, 0) is 30.3 Å². The number of para-hydroxylation sites is 1. The average Bonchev–Trinajstić information content (AvgIpc) is 3.26. The van der Waals surface area contributed by atoms with E-state index in [-0.39, 0.29) is 12.0 Å². The predicted molar refractivity (Wildman–Crippen MR) is 112 cm³/mol. The molecule has 2 aromatic carbocycles. The summed E-state index contributed by atoms with van der Waals surface area (Å²) in [5.41, 5.74) is 1.81. The SMILES string of the molecule is O=C(ON1C(=O)CC(S)C1=O)c1ccc2c(c1)C=[N+]1CC[N+]3=Cc4ccccc4O[C@@]31O2. The van der Waals surface area contributed by atoms with Crippen LogP contribution in [0.4, 0.5) is 0 Å². The molecule has 2 aromatic rings. The summed E-state index contributed by atoms with van der Waals surface area (Å²) in [5, 5.41) is -0.317. The van der Waals surface area contributed by atoms with E-state index in [1.807, 2.05) is 45.8 Å². The number of hydrogen-bond acceptors (Lipinski definition) is 7. The Hall–Kier alpha value is -3.66. The smallest absolute Gasteiger partial charge is 0.341 e. The Bertz CT molecular complexity index is 1290. The van der Waals surface area contributed by atoms with Gasteiger partial charge in [-0.25, -0.2) is 4.79 Å². The molecule has 6 rings (SSSR count). The highest BCUT2D eigenvalue weighted by Gasteiger charge is 2.68. The van der Waals surface area contributed by atoms with E-state index in [0.717, 1.165) is 11.3 Å². The Labute approximate surface area is 187 Å². The lowest BCUT2D eigenvalue weighted by Gasteiger charge is -2.26. The first-order valence-corrected chi connectivity index (χ1v) is 10.6. The van der Waals surface area contributed by atoms with Gasteiger partial charge >= 0.3 is 12.0 Å². The molecule has 9 nitrogen and oxygen atoms in total. The van der Waals surface area contributed by atoms with Crippen LogP contribution in [0.1, 0.15) is 27.9 Å². The average molecular weight is 451 g/mol. The molecule has 4 heterocycles. The third-order valence-corrected chi connectivity index (χ3v) is 6.21. The molecule has 2 fully saturated rings. The normalized spacial score (nSPS) is 24.9. The molecule has 0 bridgehead atoms. The van der Waals surface area contributed by atoms with Gasteiger partial charge in [-0.2, -0.15) is 12.6 Å². The lowest BCUT2D eigenvalue weighted by atomic mass is 10.1. The van der Waals surface area contributed by atoms with Crippen LogP contribution in [-0.4, -0.2) is 68.8 Å². The summed E-state index contributed by atoms with van der Waals surface area (Å²) in [5.74, 6) is -0.813. The maximum atomic E-state index is 12.6. The number of benzene rings is 2. The molecule has 4 aliphatic heterocycles. The van der Waals surface area contributed by atoms with Crippen LogP contribution in [0.3, 0.4) is 0 Å². The van der Waals surface area contributed by atoms with Gasteiger partial charge in [0.15, 0.2) is 23.9 Å². The van der Waals surface area contributed by atoms with Gasteiger partial charge in [0.2, 0.25) is 13.1 Å². The van der Waals surface area contributed by atoms with Crippen molar-refractivity contribution in [3.8, 4) is 11.5 Å². The number of hydrogen-bond donors (Lipinski definition) is 1. The summed E-state index contributed by atoms with van der Waals surface area (Å²) in [6.45, 7) is 1.34. The second-order valence-electron chi connectivity index (χ2n) is 7.81. The molecular weight excluding hydrogens is 434 g/mol. The molecule has 0 saturated carbocycles. The fourth-order valence-corrected chi connectivity index (χ4v) is 4.47. The lowest BCUT2D eigenvalue weighted by Crippen LogP contribution is -2.59. The third kappa shape index (κ3) is 2.69. The van der Waals surface area contributed by atoms with Crippen LogP contribution < -0.4 is 9.47 Å². The molecule has 160 valence electrons. The van der Waals surface area contributed by atoms with Crippen LogP contribution in [0.5, 0.6) is 11.5 Å². The number of carbonyl (C=O) groups excluding carboxylic acids is 3. The highest BCUT2D eigenvalue weighted by molar-refractivity contribution is 7.81. The van der Waals surface area contributed by atoms with Crippen LogP contribution in [0.15, 0.2) is 42.5 Å². The predicted octanol–water partition coefficient (Wildman–Crippen LogP) is 0.788. The summed E-state index contributed by atoms with van der Waals surface area (Å²) in [6.07, 6.45) is 3.78. The van der Waals surface area contributed by atoms with Gasteiger partial charge in [0, 0.05) is 0 Å². The number of amides is 2. The van der Waals surface area contributed by atoms with E-state index in [1.165, 1.54) is 6.07 Å². The standard InChI is InChI=1S/C22H16N3O6S/c26-19-10-18(32)20(27)25(19)31-21(28)13-5-6-17-15(9-13)12-24-8-7-23-11-14-3-1-2-4-16(14)29-22(23,24)30-17/h1-6,9,11-12,18H,7-8,10H2/q+1/p+1/t18?,22-/m1/s1. The number of nitrogens with zero attached hydrogens (tertiary/aromatic N) is 3. The van der Waals surface area contributed by atoms with Crippen LogP contribution in [0.25, 0.3) is 0 Å². The van der Waals surface area contributed by atoms with Gasteiger partial charge in [-0.3, -0.25) is 9.59 Å². The van der Waals surface area contributed by atoms with Crippen molar-refractivity contribution in [1.82, 2.24) is 5.06 Å². The molecule has 0 N–H and O–H groups in total. The molecule has 0 aromatic heterocycles. The summed E-state index contributed by atoms with van der Waals surface area (Å²) in [7, 11) is 0. The van der Waals surface area contributed by atoms with Crippen molar-refractivity contribution in [2.45, 2.75) is 17.7 Å². The molecule has 0 radical (unpaired) electrons. The highest BCUT2D eigenvalue weighted by atomic mass is 32.1. The first kappa shape index (κ1) is 19.1. The molecule has 1 unspecified atom stereocenters. The maximum Gasteiger partial charge on any atom is 0.704 e. The molecule has 4 aliphatic rings. The van der Waals surface area contributed by atoms with Crippen molar-refractivity contribution in [2.24, 2.45) is 0 Å². The molecule has 1 spiro atoms. The number of hydroxylamine groups is 2. The molecule has 2 amide bonds. The van der Waals surface area contributed by atoms with Gasteiger partial charge in [0.25, 0.3) is 11.8 Å². The number of thiol groups is 1. The number of imide groups is 1. The van der Waals surface area contributed by atoms with Gasteiger partial charge in [0.05, 0.1) is 28.4 Å². The first-order valence-electron chi connectivity index (χ1n) is 10.1. The van der Waals surface area contributed by atoms with Crippen LogP contribution >= 0.6 is 12.6 Å². The Balaban J connectivity index is 1.30.